The molecular weight excluding hydrogens is 215 g/mol. The zero-order valence-electron chi connectivity index (χ0n) is 9.41. The topological polar surface area (TPSA) is 20.2 Å². The van der Waals surface area contributed by atoms with Crippen LogP contribution in [0.15, 0.2) is 36.4 Å². The third-order valence-corrected chi connectivity index (χ3v) is 3.37. The third kappa shape index (κ3) is 1.80. The molecule has 1 aliphatic rings. The van der Waals surface area contributed by atoms with Gasteiger partial charge in [0.15, 0.2) is 0 Å². The van der Waals surface area contributed by atoms with Gasteiger partial charge in [0.25, 0.3) is 0 Å². The summed E-state index contributed by atoms with van der Waals surface area (Å²) in [6.07, 6.45) is 3.40. The monoisotopic (exact) mass is 228 g/mol. The molecule has 0 saturated heterocycles. The summed E-state index contributed by atoms with van der Waals surface area (Å²) in [5, 5.41) is 9.77. The van der Waals surface area contributed by atoms with Crippen molar-refractivity contribution in [1.29, 1.82) is 0 Å². The lowest BCUT2D eigenvalue weighted by Crippen LogP contribution is -1.86. The first-order valence-electron chi connectivity index (χ1n) is 5.85. The van der Waals surface area contributed by atoms with Gasteiger partial charge in [-0.3, -0.25) is 0 Å². The number of benzene rings is 2. The summed E-state index contributed by atoms with van der Waals surface area (Å²) in [5.74, 6) is -0.192. The number of rotatable bonds is 1. The van der Waals surface area contributed by atoms with Crippen molar-refractivity contribution in [2.45, 2.75) is 19.3 Å². The quantitative estimate of drug-likeness (QED) is 0.789. The summed E-state index contributed by atoms with van der Waals surface area (Å²) in [6, 6.07) is 10.2. The summed E-state index contributed by atoms with van der Waals surface area (Å²) in [5.41, 5.74) is 4.16. The van der Waals surface area contributed by atoms with Crippen molar-refractivity contribution < 1.29 is 9.50 Å². The average molecular weight is 228 g/mol. The van der Waals surface area contributed by atoms with Crippen LogP contribution in [0.2, 0.25) is 0 Å². The van der Waals surface area contributed by atoms with E-state index in [2.05, 4.69) is 12.1 Å². The van der Waals surface area contributed by atoms with Gasteiger partial charge in [-0.2, -0.15) is 0 Å². The number of phenols is 1. The van der Waals surface area contributed by atoms with Crippen molar-refractivity contribution in [1.82, 2.24) is 0 Å². The number of aryl methyl sites for hydroxylation is 2. The predicted molar refractivity (Wildman–Crippen MR) is 65.5 cm³/mol. The second-order valence-corrected chi connectivity index (χ2v) is 4.50. The lowest BCUT2D eigenvalue weighted by atomic mass is 10.00. The zero-order valence-corrected chi connectivity index (χ0v) is 9.41. The maximum absolute atomic E-state index is 13.2. The molecule has 0 radical (unpaired) electrons. The van der Waals surface area contributed by atoms with Gasteiger partial charge in [-0.15, -0.1) is 0 Å². The van der Waals surface area contributed by atoms with Crippen LogP contribution >= 0.6 is 0 Å². The fraction of sp³-hybridized carbons (Fsp3) is 0.200. The summed E-state index contributed by atoms with van der Waals surface area (Å²) in [7, 11) is 0. The maximum atomic E-state index is 13.2. The molecule has 0 spiro atoms. The standard InChI is InChI=1S/C15H13FO/c16-13-6-7-15(17)14(9-13)12-5-4-10-2-1-3-11(10)8-12/h4-9,17H,1-3H2. The molecule has 0 atom stereocenters. The molecule has 3 rings (SSSR count). The van der Waals surface area contributed by atoms with Crippen molar-refractivity contribution in [2.24, 2.45) is 0 Å². The minimum absolute atomic E-state index is 0.129. The molecule has 17 heavy (non-hydrogen) atoms. The van der Waals surface area contributed by atoms with Crippen molar-refractivity contribution in [3.05, 3.63) is 53.3 Å². The van der Waals surface area contributed by atoms with E-state index in [1.165, 1.54) is 35.7 Å². The van der Waals surface area contributed by atoms with Crippen LogP contribution < -0.4 is 0 Å². The van der Waals surface area contributed by atoms with Gasteiger partial charge in [-0.05, 0) is 54.2 Å². The summed E-state index contributed by atoms with van der Waals surface area (Å²) in [4.78, 5) is 0. The molecule has 0 unspecified atom stereocenters. The van der Waals surface area contributed by atoms with E-state index in [1.807, 2.05) is 6.07 Å². The van der Waals surface area contributed by atoms with Crippen LogP contribution in [0.1, 0.15) is 17.5 Å². The number of hydrogen-bond donors (Lipinski definition) is 1. The van der Waals surface area contributed by atoms with Crippen LogP contribution in [-0.4, -0.2) is 5.11 Å². The van der Waals surface area contributed by atoms with E-state index in [1.54, 1.807) is 0 Å². The van der Waals surface area contributed by atoms with Crippen LogP contribution in [0.5, 0.6) is 5.75 Å². The number of hydrogen-bond acceptors (Lipinski definition) is 1. The Morgan fingerprint density at radius 1 is 0.941 bits per heavy atom. The molecule has 2 aromatic rings. The van der Waals surface area contributed by atoms with Crippen LogP contribution in [0.3, 0.4) is 0 Å². The molecule has 0 aliphatic heterocycles. The van der Waals surface area contributed by atoms with Gasteiger partial charge >= 0.3 is 0 Å². The summed E-state index contributed by atoms with van der Waals surface area (Å²) in [6.45, 7) is 0. The second-order valence-electron chi connectivity index (χ2n) is 4.50. The Morgan fingerprint density at radius 2 is 1.76 bits per heavy atom. The van der Waals surface area contributed by atoms with Crippen LogP contribution in [0.4, 0.5) is 4.39 Å². The van der Waals surface area contributed by atoms with Gasteiger partial charge in [-0.25, -0.2) is 4.39 Å². The molecular formula is C15H13FO. The second kappa shape index (κ2) is 3.88. The minimum atomic E-state index is -0.321. The van der Waals surface area contributed by atoms with E-state index in [9.17, 15) is 9.50 Å². The molecule has 0 bridgehead atoms. The Morgan fingerprint density at radius 3 is 2.65 bits per heavy atom. The molecule has 2 heteroatoms. The molecule has 1 nitrogen and oxygen atoms in total. The first-order valence-corrected chi connectivity index (χ1v) is 5.85. The third-order valence-electron chi connectivity index (χ3n) is 3.37. The number of aromatic hydroxyl groups is 1. The normalized spacial score (nSPS) is 13.7. The van der Waals surface area contributed by atoms with Crippen molar-refractivity contribution in [3.63, 3.8) is 0 Å². The molecule has 2 aromatic carbocycles. The lowest BCUT2D eigenvalue weighted by molar-refractivity contribution is 0.475. The average Bonchev–Trinajstić information content (AvgIpc) is 2.79. The van der Waals surface area contributed by atoms with E-state index in [4.69, 9.17) is 0 Å². The Balaban J connectivity index is 2.12. The van der Waals surface area contributed by atoms with Crippen molar-refractivity contribution in [2.75, 3.05) is 0 Å². The molecule has 86 valence electrons. The van der Waals surface area contributed by atoms with Crippen molar-refractivity contribution >= 4 is 0 Å². The highest BCUT2D eigenvalue weighted by molar-refractivity contribution is 5.71. The highest BCUT2D eigenvalue weighted by Gasteiger charge is 2.13. The van der Waals surface area contributed by atoms with Crippen LogP contribution in [0, 0.1) is 5.82 Å². The Kier molecular flexibility index (Phi) is 2.36. The maximum Gasteiger partial charge on any atom is 0.124 e. The van der Waals surface area contributed by atoms with Crippen molar-refractivity contribution in [3.8, 4) is 16.9 Å². The van der Waals surface area contributed by atoms with Gasteiger partial charge in [0, 0.05) is 5.56 Å². The van der Waals surface area contributed by atoms with Gasteiger partial charge in [0.2, 0.25) is 0 Å². The molecule has 0 fully saturated rings. The molecule has 0 saturated carbocycles. The molecule has 1 N–H and O–H groups in total. The van der Waals surface area contributed by atoms with E-state index in [0.717, 1.165) is 18.4 Å². The van der Waals surface area contributed by atoms with Gasteiger partial charge in [0.05, 0.1) is 0 Å². The molecule has 0 aromatic heterocycles. The van der Waals surface area contributed by atoms with E-state index in [0.29, 0.717) is 5.56 Å². The highest BCUT2D eigenvalue weighted by atomic mass is 19.1. The Bertz CT molecular complexity index is 575. The first kappa shape index (κ1) is 10.3. The lowest BCUT2D eigenvalue weighted by Gasteiger charge is -2.07. The molecule has 0 heterocycles. The zero-order chi connectivity index (χ0) is 11.8. The van der Waals surface area contributed by atoms with E-state index in [-0.39, 0.29) is 11.6 Å². The summed E-state index contributed by atoms with van der Waals surface area (Å²) < 4.78 is 13.2. The predicted octanol–water partition coefficient (Wildman–Crippen LogP) is 3.69. The van der Waals surface area contributed by atoms with Gasteiger partial charge in [0.1, 0.15) is 11.6 Å². The van der Waals surface area contributed by atoms with Crippen LogP contribution in [-0.2, 0) is 12.8 Å². The molecule has 1 aliphatic carbocycles. The highest BCUT2D eigenvalue weighted by Crippen LogP contribution is 2.33. The van der Waals surface area contributed by atoms with E-state index < -0.39 is 0 Å². The first-order chi connectivity index (χ1) is 8.24. The number of phenolic OH excluding ortho intramolecular Hbond substituents is 1. The SMILES string of the molecule is Oc1ccc(F)cc1-c1ccc2c(c1)CCC2. The van der Waals surface area contributed by atoms with E-state index >= 15 is 0 Å². The largest absolute Gasteiger partial charge is 0.507 e. The summed E-state index contributed by atoms with van der Waals surface area (Å²) >= 11 is 0. The fourth-order valence-electron chi connectivity index (χ4n) is 2.48. The van der Waals surface area contributed by atoms with Crippen LogP contribution in [0.25, 0.3) is 11.1 Å². The number of fused-ring (bicyclic) bond motifs is 1. The fourth-order valence-corrected chi connectivity index (χ4v) is 2.48. The Hall–Kier alpha value is -1.83. The minimum Gasteiger partial charge on any atom is -0.507 e. The smallest absolute Gasteiger partial charge is 0.124 e. The number of halogens is 1. The van der Waals surface area contributed by atoms with Gasteiger partial charge in [-0.1, -0.05) is 18.2 Å². The molecule has 0 amide bonds. The van der Waals surface area contributed by atoms with Gasteiger partial charge < -0.3 is 5.11 Å². The Labute approximate surface area is 99.5 Å².